The molecule has 0 N–H and O–H groups in total. The van der Waals surface area contributed by atoms with Crippen LogP contribution in [0.1, 0.15) is 24.6 Å². The van der Waals surface area contributed by atoms with Crippen LogP contribution in [0.5, 0.6) is 0 Å². The van der Waals surface area contributed by atoms with Crippen molar-refractivity contribution in [2.75, 3.05) is 0 Å². The molecule has 0 unspecified atom stereocenters. The molecule has 1 aromatic carbocycles. The van der Waals surface area contributed by atoms with Crippen LogP contribution in [-0.4, -0.2) is 29.8 Å². The van der Waals surface area contributed by atoms with Crippen molar-refractivity contribution in [1.29, 1.82) is 0 Å². The summed E-state index contributed by atoms with van der Waals surface area (Å²) in [6, 6.07) is 7.21. The van der Waals surface area contributed by atoms with Gasteiger partial charge in [-0.15, -0.1) is 21.9 Å². The van der Waals surface area contributed by atoms with Crippen molar-refractivity contribution in [3.05, 3.63) is 53.1 Å². The van der Waals surface area contributed by atoms with Crippen LogP contribution in [0.2, 0.25) is 0 Å². The molecule has 8 heteroatoms. The van der Waals surface area contributed by atoms with Crippen LogP contribution in [0.25, 0.3) is 10.9 Å². The Balaban J connectivity index is 1.60. The lowest BCUT2D eigenvalue weighted by molar-refractivity contribution is 0.637. The first-order valence-electron chi connectivity index (χ1n) is 7.77. The van der Waals surface area contributed by atoms with Gasteiger partial charge >= 0.3 is 0 Å². The van der Waals surface area contributed by atoms with E-state index in [1.807, 2.05) is 18.2 Å². The molecule has 0 radical (unpaired) electrons. The van der Waals surface area contributed by atoms with E-state index in [-0.39, 0.29) is 5.56 Å². The van der Waals surface area contributed by atoms with Gasteiger partial charge < -0.3 is 4.57 Å². The molecule has 2 aromatic heterocycles. The van der Waals surface area contributed by atoms with E-state index < -0.39 is 0 Å². The van der Waals surface area contributed by atoms with Crippen LogP contribution in [0, 0.1) is 0 Å². The van der Waals surface area contributed by atoms with Crippen LogP contribution in [0.15, 0.2) is 46.9 Å². The van der Waals surface area contributed by atoms with E-state index in [4.69, 9.17) is 0 Å². The topological polar surface area (TPSA) is 78.5 Å². The van der Waals surface area contributed by atoms with Crippen molar-refractivity contribution >= 4 is 22.7 Å². The molecule has 0 atom stereocenters. The molecule has 0 bridgehead atoms. The summed E-state index contributed by atoms with van der Waals surface area (Å²) in [6.45, 7) is 4.47. The van der Waals surface area contributed by atoms with E-state index >= 15 is 0 Å². The summed E-state index contributed by atoms with van der Waals surface area (Å²) in [4.78, 5) is 12.5. The Morgan fingerprint density at radius 2 is 2.08 bits per heavy atom. The van der Waals surface area contributed by atoms with Gasteiger partial charge in [-0.1, -0.05) is 35.2 Å². The molecule has 7 nitrogen and oxygen atoms in total. The van der Waals surface area contributed by atoms with Gasteiger partial charge in [0.1, 0.15) is 11.3 Å². The van der Waals surface area contributed by atoms with Gasteiger partial charge in [-0.25, -0.2) is 0 Å². The number of rotatable bonds is 6. The van der Waals surface area contributed by atoms with Crippen LogP contribution >= 0.6 is 11.8 Å². The lowest BCUT2D eigenvalue weighted by Gasteiger charge is -2.07. The van der Waals surface area contributed by atoms with Gasteiger partial charge in [0.05, 0.1) is 11.3 Å². The largest absolute Gasteiger partial charge is 0.302 e. The second kappa shape index (κ2) is 6.20. The Morgan fingerprint density at radius 1 is 1.25 bits per heavy atom. The van der Waals surface area contributed by atoms with Crippen molar-refractivity contribution in [1.82, 2.24) is 29.8 Å². The first-order valence-corrected chi connectivity index (χ1v) is 8.76. The molecule has 1 fully saturated rings. The zero-order valence-electron chi connectivity index (χ0n) is 13.0. The number of nitrogens with zero attached hydrogens (tertiary/aromatic N) is 6. The predicted octanol–water partition coefficient (Wildman–Crippen LogP) is 2.20. The van der Waals surface area contributed by atoms with Gasteiger partial charge in [-0.3, -0.25) is 4.79 Å². The fourth-order valence-electron chi connectivity index (χ4n) is 2.58. The highest BCUT2D eigenvalue weighted by atomic mass is 32.2. The van der Waals surface area contributed by atoms with Crippen LogP contribution in [0.3, 0.4) is 0 Å². The minimum Gasteiger partial charge on any atom is -0.302 e. The zero-order valence-corrected chi connectivity index (χ0v) is 13.8. The molecule has 0 saturated heterocycles. The predicted molar refractivity (Wildman–Crippen MR) is 91.8 cm³/mol. The summed E-state index contributed by atoms with van der Waals surface area (Å²) in [5.74, 6) is 1.86. The lowest BCUT2D eigenvalue weighted by atomic mass is 10.2. The summed E-state index contributed by atoms with van der Waals surface area (Å²) >= 11 is 1.43. The molecule has 2 heterocycles. The first kappa shape index (κ1) is 15.1. The Bertz CT molecular complexity index is 959. The Hall–Kier alpha value is -2.48. The van der Waals surface area contributed by atoms with Crippen molar-refractivity contribution in [2.24, 2.45) is 0 Å². The molecule has 3 aromatic rings. The lowest BCUT2D eigenvalue weighted by Crippen LogP contribution is -2.23. The third-order valence-electron chi connectivity index (χ3n) is 3.94. The number of hydrogen-bond donors (Lipinski definition) is 0. The van der Waals surface area contributed by atoms with Gasteiger partial charge in [0, 0.05) is 12.5 Å². The second-order valence-electron chi connectivity index (χ2n) is 5.70. The van der Waals surface area contributed by atoms with E-state index in [0.717, 1.165) is 23.8 Å². The summed E-state index contributed by atoms with van der Waals surface area (Å²) in [7, 11) is 0. The van der Waals surface area contributed by atoms with Gasteiger partial charge in [-0.05, 0) is 25.0 Å². The van der Waals surface area contributed by atoms with E-state index in [0.29, 0.717) is 29.2 Å². The smallest absolute Gasteiger partial charge is 0.278 e. The molecule has 122 valence electrons. The van der Waals surface area contributed by atoms with Crippen molar-refractivity contribution in [2.45, 2.75) is 36.3 Å². The molecule has 4 rings (SSSR count). The highest BCUT2D eigenvalue weighted by Gasteiger charge is 2.30. The quantitative estimate of drug-likeness (QED) is 0.506. The van der Waals surface area contributed by atoms with Crippen molar-refractivity contribution < 1.29 is 0 Å². The summed E-state index contributed by atoms with van der Waals surface area (Å²) < 4.78 is 3.42. The van der Waals surface area contributed by atoms with E-state index in [1.54, 1.807) is 12.1 Å². The Kier molecular flexibility index (Phi) is 3.89. The average Bonchev–Trinajstić information content (AvgIpc) is 3.37. The SMILES string of the molecule is C=CCn1c(SCn2nnc3ccccc3c2=O)nnc1C1CC1. The van der Waals surface area contributed by atoms with E-state index in [2.05, 4.69) is 31.7 Å². The molecule has 0 spiro atoms. The third kappa shape index (κ3) is 2.73. The van der Waals surface area contributed by atoms with Crippen LogP contribution < -0.4 is 5.56 Å². The second-order valence-corrected chi connectivity index (χ2v) is 6.61. The fraction of sp³-hybridized carbons (Fsp3) is 0.312. The average molecular weight is 340 g/mol. The van der Waals surface area contributed by atoms with Crippen LogP contribution in [-0.2, 0) is 12.4 Å². The standard InChI is InChI=1S/C16H16N6OS/c1-2-9-21-14(11-7-8-11)18-19-16(21)24-10-22-15(23)12-5-3-4-6-13(12)17-20-22/h2-6,11H,1,7-10H2. The van der Waals surface area contributed by atoms with Gasteiger partial charge in [0.25, 0.3) is 5.56 Å². The molecule has 0 amide bonds. The van der Waals surface area contributed by atoms with Gasteiger partial charge in [0.2, 0.25) is 0 Å². The molecule has 1 aliphatic carbocycles. The molecule has 1 aliphatic rings. The third-order valence-corrected chi connectivity index (χ3v) is 4.88. The number of thioether (sulfide) groups is 1. The summed E-state index contributed by atoms with van der Waals surface area (Å²) in [5.41, 5.74) is 0.458. The van der Waals surface area contributed by atoms with Crippen molar-refractivity contribution in [3.8, 4) is 0 Å². The maximum absolute atomic E-state index is 12.5. The minimum absolute atomic E-state index is 0.148. The zero-order chi connectivity index (χ0) is 16.5. The fourth-order valence-corrected chi connectivity index (χ4v) is 3.41. The maximum atomic E-state index is 12.5. The summed E-state index contributed by atoms with van der Waals surface area (Å²) in [5, 5.41) is 18.0. The van der Waals surface area contributed by atoms with Gasteiger partial charge in [-0.2, -0.15) is 4.68 Å². The monoisotopic (exact) mass is 340 g/mol. The van der Waals surface area contributed by atoms with E-state index in [1.165, 1.54) is 16.4 Å². The Labute approximate surface area is 142 Å². The highest BCUT2D eigenvalue weighted by molar-refractivity contribution is 7.98. The molecule has 1 saturated carbocycles. The number of benzene rings is 1. The highest BCUT2D eigenvalue weighted by Crippen LogP contribution is 2.40. The number of fused-ring (bicyclic) bond motifs is 1. The molecule has 24 heavy (non-hydrogen) atoms. The van der Waals surface area contributed by atoms with E-state index in [9.17, 15) is 4.79 Å². The summed E-state index contributed by atoms with van der Waals surface area (Å²) in [6.07, 6.45) is 4.16. The van der Waals surface area contributed by atoms with Crippen LogP contribution in [0.4, 0.5) is 0 Å². The van der Waals surface area contributed by atoms with Gasteiger partial charge in [0.15, 0.2) is 5.16 Å². The molecular weight excluding hydrogens is 324 g/mol. The number of allylic oxidation sites excluding steroid dienone is 1. The number of aromatic nitrogens is 6. The molecular formula is C16H16N6OS. The number of hydrogen-bond acceptors (Lipinski definition) is 6. The molecule has 0 aliphatic heterocycles. The maximum Gasteiger partial charge on any atom is 0.278 e. The minimum atomic E-state index is -0.148. The first-order chi connectivity index (χ1) is 11.8. The van der Waals surface area contributed by atoms with Crippen molar-refractivity contribution in [3.63, 3.8) is 0 Å². The normalized spacial score (nSPS) is 14.2. The Morgan fingerprint density at radius 3 is 2.88 bits per heavy atom.